The van der Waals surface area contributed by atoms with Crippen LogP contribution >= 0.6 is 34.4 Å². The fourth-order valence-corrected chi connectivity index (χ4v) is 14.0. The van der Waals surface area contributed by atoms with Gasteiger partial charge in [-0.1, -0.05) is 202 Å². The molecule has 402 valence electrons. The second kappa shape index (κ2) is 28.0. The second-order valence-corrected chi connectivity index (χ2v) is 25.2. The van der Waals surface area contributed by atoms with E-state index >= 15 is 0 Å². The van der Waals surface area contributed by atoms with Gasteiger partial charge in [0, 0.05) is 42.6 Å². The summed E-state index contributed by atoms with van der Waals surface area (Å²) in [6.07, 6.45) is 27.1. The standard InChI is InChI=1S/C31H46.C22H29NO.C16H12N2S3/c1-5-7-9-11-13-15-21-31(22-16-14-12-10-8-6-2)29-23-25(3)17-19-27(29)28-20-18-26(4)24-30(28)31;1-4-5-6-7-8-9-14-23-19-12-10-17(2)15-21(19)24-22-16-18(3)11-13-20(22)23;1-9-3-7-13(19-9)11-5-6-12(14-8-4-10(2)20-14)16-15(11)17-21-18-16/h17-20,23-24H,5-16,21-22H2,1-4H3;10-13,15-16H,4-9,14H2,1-3H3;3-8H,1-2H3. The Bertz CT molecular complexity index is 2900. The number of hydrogen-bond donors (Lipinski definition) is 0. The van der Waals surface area contributed by atoms with Gasteiger partial charge < -0.3 is 9.64 Å². The van der Waals surface area contributed by atoms with Gasteiger partial charge >= 0.3 is 0 Å². The third-order valence-electron chi connectivity index (χ3n) is 15.8. The zero-order valence-corrected chi connectivity index (χ0v) is 50.2. The van der Waals surface area contributed by atoms with Crippen molar-refractivity contribution in [1.29, 1.82) is 0 Å². The minimum atomic E-state index is 0.234. The van der Waals surface area contributed by atoms with Crippen LogP contribution in [0.25, 0.3) is 43.0 Å². The lowest BCUT2D eigenvalue weighted by atomic mass is 9.70. The first-order valence-corrected chi connectivity index (χ1v) is 31.7. The minimum Gasteiger partial charge on any atom is -0.453 e. The number of aromatic nitrogens is 2. The molecule has 0 radical (unpaired) electrons. The molecule has 7 heteroatoms. The van der Waals surface area contributed by atoms with Crippen molar-refractivity contribution in [3.05, 3.63) is 152 Å². The highest BCUT2D eigenvalue weighted by Gasteiger charge is 2.42. The smallest absolute Gasteiger partial charge is 0.151 e. The molecule has 0 saturated heterocycles. The van der Waals surface area contributed by atoms with Gasteiger partial charge in [0.25, 0.3) is 0 Å². The molecule has 0 spiro atoms. The summed E-state index contributed by atoms with van der Waals surface area (Å²) < 4.78 is 15.3. The summed E-state index contributed by atoms with van der Waals surface area (Å²) in [5.74, 6) is 1.97. The highest BCUT2D eigenvalue weighted by Crippen LogP contribution is 2.55. The van der Waals surface area contributed by atoms with Crippen LogP contribution in [-0.4, -0.2) is 15.3 Å². The molecule has 4 nitrogen and oxygen atoms in total. The van der Waals surface area contributed by atoms with E-state index in [4.69, 9.17) is 4.74 Å². The molecule has 0 amide bonds. The van der Waals surface area contributed by atoms with E-state index in [-0.39, 0.29) is 5.41 Å². The summed E-state index contributed by atoms with van der Waals surface area (Å²) in [4.78, 5) is 7.60. The summed E-state index contributed by atoms with van der Waals surface area (Å²) in [5, 5.41) is 0. The lowest BCUT2D eigenvalue weighted by Crippen LogP contribution is -2.25. The second-order valence-electron chi connectivity index (χ2n) is 22.1. The van der Waals surface area contributed by atoms with Crippen LogP contribution in [-0.2, 0) is 5.41 Å². The molecule has 3 aromatic heterocycles. The lowest BCUT2D eigenvalue weighted by Gasteiger charge is -2.33. The van der Waals surface area contributed by atoms with Gasteiger partial charge in [-0.05, 0) is 143 Å². The predicted octanol–water partition coefficient (Wildman–Crippen LogP) is 22.7. The molecule has 4 heterocycles. The quantitative estimate of drug-likeness (QED) is 0.0599. The summed E-state index contributed by atoms with van der Waals surface area (Å²) in [6.45, 7) is 21.0. The van der Waals surface area contributed by atoms with Crippen LogP contribution in [0.2, 0.25) is 0 Å². The zero-order valence-electron chi connectivity index (χ0n) is 47.7. The van der Waals surface area contributed by atoms with Crippen LogP contribution in [0.15, 0.2) is 109 Å². The molecule has 0 saturated carbocycles. The highest BCUT2D eigenvalue weighted by atomic mass is 32.1. The van der Waals surface area contributed by atoms with Crippen molar-refractivity contribution >= 4 is 56.8 Å². The molecule has 76 heavy (non-hydrogen) atoms. The van der Waals surface area contributed by atoms with E-state index in [1.165, 1.54) is 216 Å². The van der Waals surface area contributed by atoms with Crippen molar-refractivity contribution in [2.24, 2.45) is 0 Å². The molecule has 0 bridgehead atoms. The van der Waals surface area contributed by atoms with Crippen LogP contribution in [0.3, 0.4) is 0 Å². The topological polar surface area (TPSA) is 38.2 Å². The Morgan fingerprint density at radius 3 is 1.21 bits per heavy atom. The molecule has 1 aliphatic carbocycles. The average Bonchev–Trinajstić information content (AvgIpc) is 4.28. The van der Waals surface area contributed by atoms with Gasteiger partial charge in [-0.2, -0.15) is 8.75 Å². The average molecular weight is 1070 g/mol. The van der Waals surface area contributed by atoms with Crippen molar-refractivity contribution in [3.8, 4) is 43.5 Å². The molecule has 5 aromatic carbocycles. The van der Waals surface area contributed by atoms with Crippen LogP contribution in [0.1, 0.15) is 192 Å². The van der Waals surface area contributed by atoms with Gasteiger partial charge in [-0.15, -0.1) is 22.7 Å². The van der Waals surface area contributed by atoms with Crippen molar-refractivity contribution < 1.29 is 4.74 Å². The monoisotopic (exact) mass is 1070 g/mol. The summed E-state index contributed by atoms with van der Waals surface area (Å²) in [7, 11) is 0. The lowest BCUT2D eigenvalue weighted by molar-refractivity contribution is 0.397. The van der Waals surface area contributed by atoms with Gasteiger partial charge in [0.1, 0.15) is 11.0 Å². The Kier molecular flexibility index (Phi) is 21.0. The van der Waals surface area contributed by atoms with E-state index < -0.39 is 0 Å². The SMILES string of the molecule is CCCCCCCCC1(CCCCCCCC)c2cc(C)ccc2-c2ccc(C)cc21.CCCCCCCCN1c2ccc(C)cc2Oc2cc(C)ccc21.Cc1ccc(-c2ccc(-c3ccc(C)s3)c3nsnc23)s1. The predicted molar refractivity (Wildman–Crippen MR) is 334 cm³/mol. The third-order valence-corrected chi connectivity index (χ3v) is 18.4. The number of ether oxygens (including phenoxy) is 1. The summed E-state index contributed by atoms with van der Waals surface area (Å²) >= 11 is 4.90. The van der Waals surface area contributed by atoms with Gasteiger partial charge in [0.2, 0.25) is 0 Å². The fraction of sp³-hybridized carbons (Fsp3) is 0.449. The van der Waals surface area contributed by atoms with E-state index in [1.54, 1.807) is 33.8 Å². The maximum absolute atomic E-state index is 6.19. The molecule has 0 fully saturated rings. The number of anilines is 2. The van der Waals surface area contributed by atoms with Crippen molar-refractivity contribution in [2.45, 2.75) is 196 Å². The largest absolute Gasteiger partial charge is 0.453 e. The number of thiophene rings is 2. The molecule has 0 unspecified atom stereocenters. The van der Waals surface area contributed by atoms with E-state index in [0.29, 0.717) is 0 Å². The molecule has 1 aliphatic heterocycles. The Morgan fingerprint density at radius 2 is 0.789 bits per heavy atom. The van der Waals surface area contributed by atoms with E-state index in [0.717, 1.165) is 29.1 Å². The van der Waals surface area contributed by atoms with Crippen LogP contribution in [0, 0.1) is 41.5 Å². The molecular weight excluding hydrogens is 983 g/mol. The maximum Gasteiger partial charge on any atom is 0.151 e. The molecule has 0 atom stereocenters. The number of benzene rings is 5. The van der Waals surface area contributed by atoms with E-state index in [9.17, 15) is 0 Å². The van der Waals surface area contributed by atoms with E-state index in [2.05, 4.69) is 185 Å². The van der Waals surface area contributed by atoms with Crippen LogP contribution in [0.5, 0.6) is 11.5 Å². The number of aryl methyl sites for hydroxylation is 6. The van der Waals surface area contributed by atoms with Crippen molar-refractivity contribution in [3.63, 3.8) is 0 Å². The minimum absolute atomic E-state index is 0.234. The van der Waals surface area contributed by atoms with Crippen LogP contribution in [0.4, 0.5) is 11.4 Å². The Labute approximate surface area is 470 Å². The van der Waals surface area contributed by atoms with Gasteiger partial charge in [-0.25, -0.2) is 0 Å². The number of rotatable bonds is 23. The number of unbranched alkanes of at least 4 members (excludes halogenated alkanes) is 15. The van der Waals surface area contributed by atoms with Gasteiger partial charge in [0.15, 0.2) is 11.5 Å². The normalized spacial score (nSPS) is 12.8. The molecular formula is C69H87N3OS3. The van der Waals surface area contributed by atoms with Crippen molar-refractivity contribution in [1.82, 2.24) is 8.75 Å². The first-order chi connectivity index (χ1) is 37.0. The summed E-state index contributed by atoms with van der Waals surface area (Å²) in [6, 6.07) is 40.5. The maximum atomic E-state index is 6.19. The van der Waals surface area contributed by atoms with Gasteiger partial charge in [-0.3, -0.25) is 0 Å². The van der Waals surface area contributed by atoms with Crippen molar-refractivity contribution in [2.75, 3.05) is 11.4 Å². The number of fused-ring (bicyclic) bond motifs is 6. The Morgan fingerprint density at radius 1 is 0.408 bits per heavy atom. The number of nitrogens with zero attached hydrogens (tertiary/aromatic N) is 3. The Balaban J connectivity index is 0.000000154. The highest BCUT2D eigenvalue weighted by molar-refractivity contribution is 7.16. The Hall–Kier alpha value is -5.08. The number of hydrogen-bond acceptors (Lipinski definition) is 7. The third kappa shape index (κ3) is 14.1. The fourth-order valence-electron chi connectivity index (χ4n) is 11.6. The van der Waals surface area contributed by atoms with E-state index in [1.807, 2.05) is 0 Å². The summed E-state index contributed by atoms with van der Waals surface area (Å²) in [5.41, 5.74) is 18.7. The van der Waals surface area contributed by atoms with Gasteiger partial charge in [0.05, 0.1) is 23.1 Å². The first-order valence-electron chi connectivity index (χ1n) is 29.3. The van der Waals surface area contributed by atoms with Crippen LogP contribution < -0.4 is 9.64 Å². The molecule has 8 aromatic rings. The molecule has 0 N–H and O–H groups in total. The molecule has 10 rings (SSSR count). The zero-order chi connectivity index (χ0) is 53.4. The first kappa shape index (κ1) is 57.1. The molecule has 2 aliphatic rings.